The minimum absolute atomic E-state index is 0.0912. The molecule has 2 amide bonds. The Hall–Kier alpha value is -5.10. The Morgan fingerprint density at radius 2 is 1.92 bits per heavy atom. The maximum atomic E-state index is 14.4. The molecule has 4 aromatic heterocycles. The standard InChI is InChI=1S/C32H32ClF3N10O5/c1-3-19-25(43-10-11-44(21-6-5-20(21)43)29(49)24-26(48)16(2)37-15-38-24)30(50)46-31(41-28(42-46)17-8-12-51-13-9-17)45(19)14-23(47)39-18-4-7-22(32(34,35)36)40-27(18)33/h4,7-8,15,20-21,48H,3,5-6,9-14H2,1-2H3,(H,39,47)/t20-,21+/m0/s1. The molecule has 51 heavy (non-hydrogen) atoms. The van der Waals surface area contributed by atoms with Crippen molar-refractivity contribution in [3.05, 3.63) is 68.6 Å². The SMILES string of the molecule is CCc1c(N2CCN(C(=O)c3ncnc(C)c3O)[C@@H]3CC[C@@H]32)c(=O)n2nc(C3=CCOCC3)nc2n1CC(=O)Nc1ccc(C(F)(F)F)nc1Cl. The number of pyridine rings is 1. The number of hydrogen-bond donors (Lipinski definition) is 2. The van der Waals surface area contributed by atoms with E-state index in [0.29, 0.717) is 62.2 Å². The van der Waals surface area contributed by atoms with Crippen LogP contribution in [-0.4, -0.2) is 94.3 Å². The van der Waals surface area contributed by atoms with Gasteiger partial charge in [0.25, 0.3) is 11.5 Å². The maximum Gasteiger partial charge on any atom is 0.433 e. The zero-order valence-corrected chi connectivity index (χ0v) is 28.2. The number of nitrogens with one attached hydrogen (secondary N) is 1. The number of halogens is 4. The van der Waals surface area contributed by atoms with Crippen molar-refractivity contribution in [1.29, 1.82) is 0 Å². The van der Waals surface area contributed by atoms with Gasteiger partial charge in [0.15, 0.2) is 22.4 Å². The first-order chi connectivity index (χ1) is 24.4. The minimum atomic E-state index is -4.72. The number of aryl methyl sites for hydroxylation is 1. The van der Waals surface area contributed by atoms with Gasteiger partial charge in [-0.25, -0.2) is 15.0 Å². The highest BCUT2D eigenvalue weighted by molar-refractivity contribution is 6.32. The Labute approximate surface area is 292 Å². The first-order valence-corrected chi connectivity index (χ1v) is 16.7. The summed E-state index contributed by atoms with van der Waals surface area (Å²) in [5.41, 5.74) is -0.0340. The Morgan fingerprint density at radius 1 is 1.14 bits per heavy atom. The zero-order valence-electron chi connectivity index (χ0n) is 27.4. The van der Waals surface area contributed by atoms with Crippen LogP contribution in [0.2, 0.25) is 5.15 Å². The molecular formula is C32H32ClF3N10O5. The molecule has 1 saturated carbocycles. The van der Waals surface area contributed by atoms with Crippen molar-refractivity contribution in [3.8, 4) is 5.75 Å². The van der Waals surface area contributed by atoms with Gasteiger partial charge in [-0.05, 0) is 50.3 Å². The summed E-state index contributed by atoms with van der Waals surface area (Å²) in [6.07, 6.45) is 0.458. The molecule has 1 saturated heterocycles. The highest BCUT2D eigenvalue weighted by atomic mass is 35.5. The molecule has 0 bridgehead atoms. The molecule has 2 aliphatic heterocycles. The number of amides is 2. The number of fused-ring (bicyclic) bond motifs is 2. The van der Waals surface area contributed by atoms with Crippen molar-refractivity contribution in [2.24, 2.45) is 0 Å². The topological polar surface area (TPSA) is 173 Å². The molecule has 0 unspecified atom stereocenters. The van der Waals surface area contributed by atoms with Crippen molar-refractivity contribution in [2.75, 3.05) is 36.5 Å². The fourth-order valence-corrected chi connectivity index (χ4v) is 7.01. The highest BCUT2D eigenvalue weighted by Gasteiger charge is 2.47. The Bertz CT molecular complexity index is 2150. The quantitative estimate of drug-likeness (QED) is 0.268. The number of aromatic nitrogens is 7. The molecule has 2 atom stereocenters. The average Bonchev–Trinajstić information content (AvgIpc) is 3.54. The number of alkyl halides is 3. The molecule has 2 fully saturated rings. The number of piperazine rings is 1. The summed E-state index contributed by atoms with van der Waals surface area (Å²) >= 11 is 6.03. The van der Waals surface area contributed by atoms with Crippen LogP contribution >= 0.6 is 11.6 Å². The number of carbonyl (C=O) groups is 2. The number of nitrogens with zero attached hydrogens (tertiary/aromatic N) is 9. The third kappa shape index (κ3) is 6.15. The van der Waals surface area contributed by atoms with Crippen LogP contribution in [0.4, 0.5) is 24.5 Å². The predicted octanol–water partition coefficient (Wildman–Crippen LogP) is 3.26. The van der Waals surface area contributed by atoms with Gasteiger partial charge >= 0.3 is 6.18 Å². The van der Waals surface area contributed by atoms with Gasteiger partial charge in [-0.1, -0.05) is 24.6 Å². The van der Waals surface area contributed by atoms with E-state index in [-0.39, 0.29) is 53.8 Å². The summed E-state index contributed by atoms with van der Waals surface area (Å²) in [7, 11) is 0. The van der Waals surface area contributed by atoms with Crippen LogP contribution in [-0.2, 0) is 28.7 Å². The first kappa shape index (κ1) is 34.4. The summed E-state index contributed by atoms with van der Waals surface area (Å²) in [6.45, 7) is 4.29. The highest BCUT2D eigenvalue weighted by Crippen LogP contribution is 2.38. The summed E-state index contributed by atoms with van der Waals surface area (Å²) in [5.74, 6) is -0.972. The molecule has 6 heterocycles. The summed E-state index contributed by atoms with van der Waals surface area (Å²) < 4.78 is 47.6. The Morgan fingerprint density at radius 3 is 2.59 bits per heavy atom. The van der Waals surface area contributed by atoms with Crippen LogP contribution in [0, 0.1) is 6.92 Å². The molecule has 0 radical (unpaired) electrons. The van der Waals surface area contributed by atoms with E-state index < -0.39 is 40.9 Å². The van der Waals surface area contributed by atoms with Gasteiger partial charge in [-0.3, -0.25) is 14.4 Å². The van der Waals surface area contributed by atoms with Crippen LogP contribution in [0.5, 0.6) is 5.75 Å². The molecule has 1 aliphatic carbocycles. The lowest BCUT2D eigenvalue weighted by atomic mass is 9.81. The number of carbonyl (C=O) groups excluding carboxylic acids is 2. The molecule has 4 aromatic rings. The molecule has 7 rings (SSSR count). The lowest BCUT2D eigenvalue weighted by molar-refractivity contribution is -0.141. The van der Waals surface area contributed by atoms with Crippen LogP contribution in [0.15, 0.2) is 29.3 Å². The van der Waals surface area contributed by atoms with Gasteiger partial charge in [-0.15, -0.1) is 5.10 Å². The van der Waals surface area contributed by atoms with Gasteiger partial charge in [0, 0.05) is 19.1 Å². The fraction of sp³-hybridized carbons (Fsp3) is 0.438. The minimum Gasteiger partial charge on any atom is -0.504 e. The van der Waals surface area contributed by atoms with Gasteiger partial charge in [0.05, 0.1) is 36.3 Å². The van der Waals surface area contributed by atoms with Crippen molar-refractivity contribution >= 4 is 46.1 Å². The molecule has 15 nitrogen and oxygen atoms in total. The molecule has 19 heteroatoms. The van der Waals surface area contributed by atoms with Crippen molar-refractivity contribution in [1.82, 2.24) is 39.0 Å². The molecular weight excluding hydrogens is 697 g/mol. The summed E-state index contributed by atoms with van der Waals surface area (Å²) in [4.78, 5) is 61.2. The van der Waals surface area contributed by atoms with Gasteiger partial charge in [-0.2, -0.15) is 22.7 Å². The molecule has 0 spiro atoms. The third-order valence-electron chi connectivity index (χ3n) is 9.47. The molecule has 2 N–H and O–H groups in total. The lowest BCUT2D eigenvalue weighted by Gasteiger charge is -2.54. The van der Waals surface area contributed by atoms with Gasteiger partial charge in [0.2, 0.25) is 11.7 Å². The fourth-order valence-electron chi connectivity index (χ4n) is 6.81. The van der Waals surface area contributed by atoms with Crippen LogP contribution in [0.25, 0.3) is 11.4 Å². The van der Waals surface area contributed by atoms with Crippen molar-refractivity contribution in [3.63, 3.8) is 0 Å². The van der Waals surface area contributed by atoms with Crippen LogP contribution < -0.4 is 15.8 Å². The van der Waals surface area contributed by atoms with Crippen molar-refractivity contribution < 1.29 is 32.6 Å². The monoisotopic (exact) mass is 728 g/mol. The first-order valence-electron chi connectivity index (χ1n) is 16.3. The smallest absolute Gasteiger partial charge is 0.433 e. The number of aromatic hydroxyl groups is 1. The molecule has 0 aromatic carbocycles. The van der Waals surface area contributed by atoms with Crippen molar-refractivity contribution in [2.45, 2.75) is 64.3 Å². The van der Waals surface area contributed by atoms with Gasteiger partial charge in [0.1, 0.15) is 24.3 Å². The van der Waals surface area contributed by atoms with E-state index in [1.165, 1.54) is 6.33 Å². The second kappa shape index (κ2) is 13.2. The average molecular weight is 729 g/mol. The van der Waals surface area contributed by atoms with E-state index >= 15 is 0 Å². The van der Waals surface area contributed by atoms with Crippen LogP contribution in [0.3, 0.4) is 0 Å². The predicted molar refractivity (Wildman–Crippen MR) is 177 cm³/mol. The molecule has 268 valence electrons. The molecule has 3 aliphatic rings. The Balaban J connectivity index is 1.27. The number of anilines is 2. The normalized spacial score (nSPS) is 19.1. The lowest BCUT2D eigenvalue weighted by Crippen LogP contribution is -2.67. The van der Waals surface area contributed by atoms with E-state index in [1.54, 1.807) is 16.4 Å². The second-order valence-electron chi connectivity index (χ2n) is 12.4. The number of hydrogen-bond acceptors (Lipinski definition) is 11. The summed E-state index contributed by atoms with van der Waals surface area (Å²) in [5, 5.41) is 17.1. The third-order valence-corrected chi connectivity index (χ3v) is 9.75. The largest absolute Gasteiger partial charge is 0.504 e. The summed E-state index contributed by atoms with van der Waals surface area (Å²) in [6, 6.07) is 1.19. The van der Waals surface area contributed by atoms with E-state index in [9.17, 15) is 32.7 Å². The maximum absolute atomic E-state index is 14.4. The number of ether oxygens (including phenoxy) is 1. The Kier molecular flexibility index (Phi) is 8.91. The van der Waals surface area contributed by atoms with E-state index in [1.807, 2.05) is 17.9 Å². The van der Waals surface area contributed by atoms with Crippen LogP contribution in [0.1, 0.15) is 59.6 Å². The second-order valence-corrected chi connectivity index (χ2v) is 12.7. The zero-order chi connectivity index (χ0) is 36.2. The van der Waals surface area contributed by atoms with Gasteiger partial charge < -0.3 is 29.5 Å². The van der Waals surface area contributed by atoms with E-state index in [2.05, 4.69) is 30.4 Å². The van der Waals surface area contributed by atoms with E-state index in [0.717, 1.165) is 16.2 Å². The number of rotatable bonds is 7. The van der Waals surface area contributed by atoms with E-state index in [4.69, 9.17) is 16.3 Å².